The number of hydrogen-bond donors (Lipinski definition) is 5. The van der Waals surface area contributed by atoms with E-state index in [-0.39, 0.29) is 54.1 Å². The Morgan fingerprint density at radius 1 is 0.946 bits per heavy atom. The number of alkyl halides is 1. The van der Waals surface area contributed by atoms with Crippen molar-refractivity contribution in [2.75, 3.05) is 11.9 Å². The molecule has 7 N–H and O–H groups in total. The number of nitrogens with two attached hydrogens (primary N) is 2. The molecule has 0 bridgehead atoms. The molecule has 2 fully saturated rings. The van der Waals surface area contributed by atoms with Gasteiger partial charge < -0.3 is 31.7 Å². The zero-order chi connectivity index (χ0) is 28.3. The lowest BCUT2D eigenvalue weighted by atomic mass is 9.68. The minimum absolute atomic E-state index is 0.0199. The Kier molecular flexibility index (Phi) is 13.5. The van der Waals surface area contributed by atoms with Crippen LogP contribution in [0.5, 0.6) is 0 Å². The molecule has 2 aliphatic carbocycles. The average Bonchev–Trinajstić information content (AvgIpc) is 2.79. The number of hydrogen-bond acceptors (Lipinski definition) is 7. The van der Waals surface area contributed by atoms with Gasteiger partial charge in [0.2, 0.25) is 5.91 Å². The molecule has 0 radical (unpaired) electrons. The average molecular weight is 593 g/mol. The molecule has 0 unspecified atom stereocenters. The molecule has 2 rings (SSSR count). The zero-order valence-electron chi connectivity index (χ0n) is 22.5. The van der Waals surface area contributed by atoms with Crippen LogP contribution in [0.4, 0.5) is 0 Å². The Balaban J connectivity index is 0.000000375. The van der Waals surface area contributed by atoms with Gasteiger partial charge >= 0.3 is 17.9 Å². The first-order valence-corrected chi connectivity index (χ1v) is 14.2. The third-order valence-electron chi connectivity index (χ3n) is 7.39. The summed E-state index contributed by atoms with van der Waals surface area (Å²) < 4.78 is 5.29. The Morgan fingerprint density at radius 3 is 1.86 bits per heavy atom. The van der Waals surface area contributed by atoms with E-state index in [4.69, 9.17) is 26.4 Å². The van der Waals surface area contributed by atoms with E-state index in [9.17, 15) is 19.2 Å². The Hall–Kier alpha value is -1.72. The lowest BCUT2D eigenvalue weighted by Gasteiger charge is -2.38. The topological polar surface area (TPSA) is 182 Å². The largest absolute Gasteiger partial charge is 0.481 e. The highest BCUT2D eigenvalue weighted by Gasteiger charge is 2.38. The van der Waals surface area contributed by atoms with Gasteiger partial charge in [-0.1, -0.05) is 15.9 Å². The first-order valence-electron chi connectivity index (χ1n) is 13.1. The van der Waals surface area contributed by atoms with Gasteiger partial charge in [0.05, 0.1) is 18.2 Å². The quantitative estimate of drug-likeness (QED) is 0.188. The first kappa shape index (κ1) is 33.3. The summed E-state index contributed by atoms with van der Waals surface area (Å²) in [5.41, 5.74) is 10.5. The number of halogens is 1. The smallest absolute Gasteiger partial charge is 0.306 e. The highest BCUT2D eigenvalue weighted by molar-refractivity contribution is 9.09. The maximum atomic E-state index is 11.8. The van der Waals surface area contributed by atoms with Gasteiger partial charge in [-0.15, -0.1) is 0 Å². The minimum Gasteiger partial charge on any atom is -0.481 e. The van der Waals surface area contributed by atoms with Gasteiger partial charge in [0.1, 0.15) is 5.60 Å². The second-order valence-electron chi connectivity index (χ2n) is 11.7. The van der Waals surface area contributed by atoms with Gasteiger partial charge in [0, 0.05) is 18.5 Å². The summed E-state index contributed by atoms with van der Waals surface area (Å²) in [6.07, 6.45) is 7.47. The fourth-order valence-corrected chi connectivity index (χ4v) is 5.42. The summed E-state index contributed by atoms with van der Waals surface area (Å²) in [6, 6.07) is 0.326. The zero-order valence-corrected chi connectivity index (χ0v) is 24.1. The number of carbonyl (C=O) groups excluding carboxylic acids is 2. The normalized spacial score (nSPS) is 27.8. The van der Waals surface area contributed by atoms with E-state index in [2.05, 4.69) is 21.2 Å². The molecule has 0 aromatic carbocycles. The van der Waals surface area contributed by atoms with E-state index in [1.54, 1.807) is 0 Å². The summed E-state index contributed by atoms with van der Waals surface area (Å²) in [4.78, 5) is 44.9. The second-order valence-corrected chi connectivity index (χ2v) is 12.3. The van der Waals surface area contributed by atoms with E-state index in [0.29, 0.717) is 18.3 Å². The van der Waals surface area contributed by atoms with Gasteiger partial charge in [-0.05, 0) is 95.9 Å². The lowest BCUT2D eigenvalue weighted by Crippen LogP contribution is -2.44. The Bertz CT molecular complexity index is 769. The summed E-state index contributed by atoms with van der Waals surface area (Å²) >= 11 is 3.10. The standard InChI is InChI=1S/C15H27NO4.C11H19BrN2O3/c1-14(2,3)20-13(19)6-9-15(10-12(17)18)7-4-11(16)5-8-15;12-6-9(15)14-8-1-3-11(7-13,4-2-8)5-10(16)17/h11H,4-10,16H2,1-3H3,(H,17,18);8H,1-7,13H2,(H,14,15)(H,16,17). The maximum Gasteiger partial charge on any atom is 0.306 e. The molecule has 2 saturated carbocycles. The summed E-state index contributed by atoms with van der Waals surface area (Å²) in [5.74, 6) is -1.87. The number of carbonyl (C=O) groups is 4. The number of aliphatic carboxylic acids is 2. The van der Waals surface area contributed by atoms with Crippen molar-refractivity contribution in [1.82, 2.24) is 5.32 Å². The molecule has 1 amide bonds. The van der Waals surface area contributed by atoms with Crippen LogP contribution in [0.25, 0.3) is 0 Å². The third kappa shape index (κ3) is 13.1. The lowest BCUT2D eigenvalue weighted by molar-refractivity contribution is -0.156. The number of nitrogens with one attached hydrogen (secondary N) is 1. The monoisotopic (exact) mass is 591 g/mol. The van der Waals surface area contributed by atoms with Crippen molar-refractivity contribution in [2.45, 2.75) is 116 Å². The van der Waals surface area contributed by atoms with E-state index in [0.717, 1.165) is 51.4 Å². The van der Waals surface area contributed by atoms with Crippen LogP contribution in [-0.2, 0) is 23.9 Å². The van der Waals surface area contributed by atoms with Crippen molar-refractivity contribution in [3.05, 3.63) is 0 Å². The third-order valence-corrected chi connectivity index (χ3v) is 7.90. The first-order chi connectivity index (χ1) is 17.1. The number of amides is 1. The predicted octanol–water partition coefficient (Wildman–Crippen LogP) is 3.33. The van der Waals surface area contributed by atoms with Crippen molar-refractivity contribution >= 4 is 39.7 Å². The van der Waals surface area contributed by atoms with Crippen LogP contribution in [-0.4, -0.2) is 63.6 Å². The SMILES string of the molecule is CC(C)(C)OC(=O)CCC1(CC(=O)O)CCC(N)CC1.NCC1(CC(=O)O)CCC(NC(=O)CBr)CC1. The number of carboxylic acids is 2. The van der Waals surface area contributed by atoms with Crippen molar-refractivity contribution < 1.29 is 34.1 Å². The minimum atomic E-state index is -0.801. The summed E-state index contributed by atoms with van der Waals surface area (Å²) in [6.45, 7) is 5.89. The highest BCUT2D eigenvalue weighted by Crippen LogP contribution is 2.43. The van der Waals surface area contributed by atoms with E-state index in [1.165, 1.54) is 0 Å². The predicted molar refractivity (Wildman–Crippen MR) is 144 cm³/mol. The molecule has 11 heteroatoms. The van der Waals surface area contributed by atoms with Crippen LogP contribution in [0.3, 0.4) is 0 Å². The van der Waals surface area contributed by atoms with Crippen LogP contribution >= 0.6 is 15.9 Å². The van der Waals surface area contributed by atoms with Gasteiger partial charge in [0.15, 0.2) is 0 Å². The number of ether oxygens (including phenoxy) is 1. The van der Waals surface area contributed by atoms with Gasteiger partial charge in [-0.3, -0.25) is 19.2 Å². The van der Waals surface area contributed by atoms with Crippen LogP contribution in [0, 0.1) is 10.8 Å². The fourth-order valence-electron chi connectivity index (χ4n) is 5.26. The molecular formula is C26H46BrN3O7. The van der Waals surface area contributed by atoms with Crippen molar-refractivity contribution in [3.8, 4) is 0 Å². The molecule has 0 saturated heterocycles. The Morgan fingerprint density at radius 2 is 1.43 bits per heavy atom. The van der Waals surface area contributed by atoms with Crippen molar-refractivity contribution in [3.63, 3.8) is 0 Å². The summed E-state index contributed by atoms with van der Waals surface area (Å²) in [7, 11) is 0. The van der Waals surface area contributed by atoms with E-state index < -0.39 is 17.5 Å². The second kappa shape index (κ2) is 15.0. The molecular weight excluding hydrogens is 546 g/mol. The maximum absolute atomic E-state index is 11.8. The molecule has 0 aliphatic heterocycles. The van der Waals surface area contributed by atoms with Crippen molar-refractivity contribution in [1.29, 1.82) is 0 Å². The van der Waals surface area contributed by atoms with E-state index in [1.807, 2.05) is 20.8 Å². The molecule has 0 aromatic heterocycles. The number of rotatable bonds is 10. The highest BCUT2D eigenvalue weighted by atomic mass is 79.9. The molecule has 0 spiro atoms. The molecule has 10 nitrogen and oxygen atoms in total. The number of esters is 1. The fraction of sp³-hybridized carbons (Fsp3) is 0.846. The van der Waals surface area contributed by atoms with Crippen LogP contribution in [0.15, 0.2) is 0 Å². The molecule has 0 heterocycles. The van der Waals surface area contributed by atoms with Crippen molar-refractivity contribution in [2.24, 2.45) is 22.3 Å². The van der Waals surface area contributed by atoms with Gasteiger partial charge in [-0.25, -0.2) is 0 Å². The van der Waals surface area contributed by atoms with E-state index >= 15 is 0 Å². The molecule has 37 heavy (non-hydrogen) atoms. The molecule has 0 aromatic rings. The molecule has 214 valence electrons. The Labute approximate surface area is 228 Å². The van der Waals surface area contributed by atoms with Crippen LogP contribution in [0.1, 0.15) is 97.8 Å². The molecule has 0 atom stereocenters. The molecule has 2 aliphatic rings. The van der Waals surface area contributed by atoms with Crippen LogP contribution in [0.2, 0.25) is 0 Å². The van der Waals surface area contributed by atoms with Gasteiger partial charge in [0.25, 0.3) is 0 Å². The van der Waals surface area contributed by atoms with Gasteiger partial charge in [-0.2, -0.15) is 0 Å². The number of carboxylic acid groups (broad SMARTS) is 2. The van der Waals surface area contributed by atoms with Crippen LogP contribution < -0.4 is 16.8 Å². The summed E-state index contributed by atoms with van der Waals surface area (Å²) in [5, 5.41) is 21.2.